The summed E-state index contributed by atoms with van der Waals surface area (Å²) in [4.78, 5) is 34.6. The van der Waals surface area contributed by atoms with Crippen LogP contribution in [0.5, 0.6) is 0 Å². The Hall–Kier alpha value is -3.74. The number of carbonyl (C=O) groups excluding carboxylic acids is 2. The Balaban J connectivity index is 1.72. The molecule has 142 valence electrons. The summed E-state index contributed by atoms with van der Waals surface area (Å²) in [5.41, 5.74) is 2.13. The first kappa shape index (κ1) is 19.0. The first-order valence-electron chi connectivity index (χ1n) is 8.79. The summed E-state index contributed by atoms with van der Waals surface area (Å²) in [7, 11) is 1.83. The van der Waals surface area contributed by atoms with Crippen LogP contribution in [0.1, 0.15) is 27.8 Å². The van der Waals surface area contributed by atoms with E-state index in [0.29, 0.717) is 23.8 Å². The molecule has 3 rings (SSSR count). The van der Waals surface area contributed by atoms with Crippen molar-refractivity contribution in [2.45, 2.75) is 6.92 Å². The van der Waals surface area contributed by atoms with Crippen LogP contribution in [-0.2, 0) is 4.74 Å². The average Bonchev–Trinajstić information content (AvgIpc) is 2.74. The molecule has 7 nitrogen and oxygen atoms in total. The Bertz CT molecular complexity index is 959. The molecule has 2 aromatic carbocycles. The minimum atomic E-state index is -0.398. The molecule has 1 aromatic heterocycles. The van der Waals surface area contributed by atoms with Crippen molar-refractivity contribution in [3.8, 4) is 0 Å². The fourth-order valence-electron chi connectivity index (χ4n) is 2.50. The van der Waals surface area contributed by atoms with Gasteiger partial charge in [-0.05, 0) is 49.4 Å². The van der Waals surface area contributed by atoms with Gasteiger partial charge in [0.05, 0.1) is 12.2 Å². The van der Waals surface area contributed by atoms with Crippen LogP contribution in [0.25, 0.3) is 0 Å². The van der Waals surface area contributed by atoms with Crippen LogP contribution in [0.2, 0.25) is 0 Å². The monoisotopic (exact) mass is 376 g/mol. The maximum atomic E-state index is 12.5. The normalized spacial score (nSPS) is 10.2. The Kier molecular flexibility index (Phi) is 5.96. The SMILES string of the molecule is CCOC(=O)c1ccc(NC(=O)c2ccnc(N(C)c3ccccc3)n2)cc1. The number of hydrogen-bond acceptors (Lipinski definition) is 6. The number of anilines is 3. The number of rotatable bonds is 6. The number of nitrogens with zero attached hydrogens (tertiary/aromatic N) is 3. The second kappa shape index (κ2) is 8.77. The molecular formula is C21H20N4O3. The highest BCUT2D eigenvalue weighted by molar-refractivity contribution is 6.03. The number of esters is 1. The maximum absolute atomic E-state index is 12.5. The number of para-hydroxylation sites is 1. The van der Waals surface area contributed by atoms with Gasteiger partial charge < -0.3 is 15.0 Å². The maximum Gasteiger partial charge on any atom is 0.338 e. The van der Waals surface area contributed by atoms with E-state index in [0.717, 1.165) is 5.69 Å². The Morgan fingerprint density at radius 1 is 1.04 bits per heavy atom. The van der Waals surface area contributed by atoms with Crippen LogP contribution in [0, 0.1) is 0 Å². The lowest BCUT2D eigenvalue weighted by Crippen LogP contribution is -2.18. The molecule has 0 aliphatic carbocycles. The summed E-state index contributed by atoms with van der Waals surface area (Å²) in [6.07, 6.45) is 1.54. The van der Waals surface area contributed by atoms with Crippen molar-refractivity contribution in [2.75, 3.05) is 23.9 Å². The predicted molar refractivity (Wildman–Crippen MR) is 107 cm³/mol. The van der Waals surface area contributed by atoms with E-state index < -0.39 is 5.97 Å². The zero-order chi connectivity index (χ0) is 19.9. The molecule has 0 fully saturated rings. The largest absolute Gasteiger partial charge is 0.462 e. The highest BCUT2D eigenvalue weighted by Crippen LogP contribution is 2.19. The van der Waals surface area contributed by atoms with E-state index in [4.69, 9.17) is 4.74 Å². The fourth-order valence-corrected chi connectivity index (χ4v) is 2.50. The summed E-state index contributed by atoms with van der Waals surface area (Å²) in [5, 5.41) is 2.76. The van der Waals surface area contributed by atoms with Gasteiger partial charge in [-0.1, -0.05) is 18.2 Å². The molecule has 0 bridgehead atoms. The van der Waals surface area contributed by atoms with Crippen molar-refractivity contribution in [3.05, 3.63) is 78.1 Å². The van der Waals surface area contributed by atoms with Crippen molar-refractivity contribution in [1.29, 1.82) is 0 Å². The summed E-state index contributed by atoms with van der Waals surface area (Å²) in [6, 6.07) is 17.7. The molecule has 0 aliphatic rings. The summed E-state index contributed by atoms with van der Waals surface area (Å²) < 4.78 is 4.94. The fraction of sp³-hybridized carbons (Fsp3) is 0.143. The Morgan fingerprint density at radius 3 is 2.43 bits per heavy atom. The van der Waals surface area contributed by atoms with E-state index >= 15 is 0 Å². The first-order chi connectivity index (χ1) is 13.6. The van der Waals surface area contributed by atoms with Gasteiger partial charge in [0, 0.05) is 24.6 Å². The number of ether oxygens (including phenoxy) is 1. The van der Waals surface area contributed by atoms with E-state index in [1.807, 2.05) is 37.4 Å². The number of amides is 1. The number of carbonyl (C=O) groups is 2. The lowest BCUT2D eigenvalue weighted by molar-refractivity contribution is 0.0526. The number of aromatic nitrogens is 2. The van der Waals surface area contributed by atoms with Gasteiger partial charge in [0.2, 0.25) is 5.95 Å². The van der Waals surface area contributed by atoms with Gasteiger partial charge in [-0.2, -0.15) is 0 Å². The molecule has 1 N–H and O–H groups in total. The lowest BCUT2D eigenvalue weighted by Gasteiger charge is -2.17. The molecule has 0 unspecified atom stereocenters. The van der Waals surface area contributed by atoms with E-state index in [1.54, 1.807) is 48.4 Å². The molecule has 1 amide bonds. The van der Waals surface area contributed by atoms with Crippen LogP contribution in [0.3, 0.4) is 0 Å². The van der Waals surface area contributed by atoms with Gasteiger partial charge in [-0.3, -0.25) is 4.79 Å². The second-order valence-corrected chi connectivity index (χ2v) is 5.89. The van der Waals surface area contributed by atoms with E-state index in [-0.39, 0.29) is 11.6 Å². The minimum absolute atomic E-state index is 0.238. The van der Waals surface area contributed by atoms with Gasteiger partial charge in [-0.15, -0.1) is 0 Å². The Morgan fingerprint density at radius 2 is 1.75 bits per heavy atom. The summed E-state index contributed by atoms with van der Waals surface area (Å²) >= 11 is 0. The van der Waals surface area contributed by atoms with Crippen molar-refractivity contribution in [2.24, 2.45) is 0 Å². The molecule has 1 heterocycles. The quantitative estimate of drug-likeness (QED) is 0.661. The van der Waals surface area contributed by atoms with E-state index in [2.05, 4.69) is 15.3 Å². The van der Waals surface area contributed by atoms with E-state index in [9.17, 15) is 9.59 Å². The zero-order valence-corrected chi connectivity index (χ0v) is 15.6. The molecule has 0 saturated heterocycles. The van der Waals surface area contributed by atoms with E-state index in [1.165, 1.54) is 0 Å². The minimum Gasteiger partial charge on any atom is -0.462 e. The standard InChI is InChI=1S/C21H20N4O3/c1-3-28-20(27)15-9-11-16(12-10-15)23-19(26)18-13-14-22-21(24-18)25(2)17-7-5-4-6-8-17/h4-14H,3H2,1-2H3,(H,23,26). The second-order valence-electron chi connectivity index (χ2n) is 5.89. The summed E-state index contributed by atoms with van der Waals surface area (Å²) in [5.74, 6) is -0.352. The topological polar surface area (TPSA) is 84.4 Å². The number of nitrogens with one attached hydrogen (secondary N) is 1. The molecule has 0 aliphatic heterocycles. The molecule has 3 aromatic rings. The predicted octanol–water partition coefficient (Wildman–Crippen LogP) is 3.67. The lowest BCUT2D eigenvalue weighted by atomic mass is 10.2. The van der Waals surface area contributed by atoms with Crippen LogP contribution in [0.4, 0.5) is 17.3 Å². The third-order valence-corrected chi connectivity index (χ3v) is 3.97. The van der Waals surface area contributed by atoms with Gasteiger partial charge in [0.1, 0.15) is 5.69 Å². The third-order valence-electron chi connectivity index (χ3n) is 3.97. The molecular weight excluding hydrogens is 356 g/mol. The zero-order valence-electron chi connectivity index (χ0n) is 15.6. The highest BCUT2D eigenvalue weighted by atomic mass is 16.5. The van der Waals surface area contributed by atoms with Crippen LogP contribution >= 0.6 is 0 Å². The molecule has 28 heavy (non-hydrogen) atoms. The van der Waals surface area contributed by atoms with Gasteiger partial charge in [0.15, 0.2) is 0 Å². The van der Waals surface area contributed by atoms with Crippen LogP contribution in [-0.4, -0.2) is 35.5 Å². The molecule has 0 spiro atoms. The van der Waals surface area contributed by atoms with Crippen molar-refractivity contribution >= 4 is 29.2 Å². The Labute approximate surface area is 163 Å². The van der Waals surface area contributed by atoms with Crippen molar-refractivity contribution < 1.29 is 14.3 Å². The third kappa shape index (κ3) is 4.50. The van der Waals surface area contributed by atoms with Gasteiger partial charge >= 0.3 is 5.97 Å². The highest BCUT2D eigenvalue weighted by Gasteiger charge is 2.13. The van der Waals surface area contributed by atoms with Crippen LogP contribution < -0.4 is 10.2 Å². The summed E-state index contributed by atoms with van der Waals surface area (Å²) in [6.45, 7) is 2.06. The number of benzene rings is 2. The van der Waals surface area contributed by atoms with Crippen molar-refractivity contribution in [1.82, 2.24) is 9.97 Å². The van der Waals surface area contributed by atoms with Gasteiger partial charge in [-0.25, -0.2) is 14.8 Å². The average molecular weight is 376 g/mol. The molecule has 0 radical (unpaired) electrons. The molecule has 0 saturated carbocycles. The molecule has 0 atom stereocenters. The van der Waals surface area contributed by atoms with Crippen LogP contribution in [0.15, 0.2) is 66.9 Å². The van der Waals surface area contributed by atoms with Gasteiger partial charge in [0.25, 0.3) is 5.91 Å². The van der Waals surface area contributed by atoms with Crippen molar-refractivity contribution in [3.63, 3.8) is 0 Å². The smallest absolute Gasteiger partial charge is 0.338 e. The first-order valence-corrected chi connectivity index (χ1v) is 8.79. The number of hydrogen-bond donors (Lipinski definition) is 1. The molecule has 7 heteroatoms.